The van der Waals surface area contributed by atoms with E-state index in [1.165, 1.54) is 4.90 Å². The predicted molar refractivity (Wildman–Crippen MR) is 75.1 cm³/mol. The van der Waals surface area contributed by atoms with Gasteiger partial charge in [0.25, 0.3) is 0 Å². The van der Waals surface area contributed by atoms with Crippen LogP contribution in [0.3, 0.4) is 0 Å². The fourth-order valence-corrected chi connectivity index (χ4v) is 3.10. The molecule has 1 fully saturated rings. The summed E-state index contributed by atoms with van der Waals surface area (Å²) in [7, 11) is 2.34. The molecular formula is C11H19ClN2O6S. The fourth-order valence-electron chi connectivity index (χ4n) is 1.85. The third kappa shape index (κ3) is 5.01. The molecule has 0 radical (unpaired) electrons. The Morgan fingerprint density at radius 2 is 1.81 bits per heavy atom. The maximum Gasteiger partial charge on any atom is 0.410 e. The lowest BCUT2D eigenvalue weighted by molar-refractivity contribution is -0.146. The van der Waals surface area contributed by atoms with Crippen molar-refractivity contribution in [2.75, 3.05) is 26.7 Å². The first-order valence-electron chi connectivity index (χ1n) is 6.23. The molecule has 1 saturated heterocycles. The molecule has 8 nitrogen and oxygen atoms in total. The molecule has 0 aromatic carbocycles. The summed E-state index contributed by atoms with van der Waals surface area (Å²) in [6, 6.07) is -1.18. The highest BCUT2D eigenvalue weighted by Crippen LogP contribution is 2.20. The van der Waals surface area contributed by atoms with Gasteiger partial charge in [0.05, 0.1) is 13.7 Å². The number of carbonyl (C=O) groups is 2. The number of amides is 1. The van der Waals surface area contributed by atoms with Gasteiger partial charge in [-0.1, -0.05) is 0 Å². The smallest absolute Gasteiger partial charge is 0.410 e. The number of methoxy groups -OCH3 is 1. The Kier molecular flexibility index (Phi) is 5.46. The SMILES string of the molecule is COC(=O)C1CN(C(=O)OC(C)(C)C)CCN1S(=O)(=O)Cl. The lowest BCUT2D eigenvalue weighted by Crippen LogP contribution is -2.59. The summed E-state index contributed by atoms with van der Waals surface area (Å²) < 4.78 is 33.5. The van der Waals surface area contributed by atoms with Gasteiger partial charge in [-0.25, -0.2) is 4.79 Å². The van der Waals surface area contributed by atoms with E-state index in [1.54, 1.807) is 20.8 Å². The van der Waals surface area contributed by atoms with Crippen molar-refractivity contribution in [1.82, 2.24) is 9.21 Å². The van der Waals surface area contributed by atoms with E-state index >= 15 is 0 Å². The van der Waals surface area contributed by atoms with Gasteiger partial charge < -0.3 is 14.4 Å². The van der Waals surface area contributed by atoms with Gasteiger partial charge in [-0.05, 0) is 20.8 Å². The standard InChI is InChI=1S/C11H19ClN2O6S/c1-11(2,3)20-10(16)13-5-6-14(21(12,17)18)8(7-13)9(15)19-4/h8H,5-7H2,1-4H3. The van der Waals surface area contributed by atoms with Crippen molar-refractivity contribution < 1.29 is 27.5 Å². The number of halogens is 1. The maximum absolute atomic E-state index is 12.0. The highest BCUT2D eigenvalue weighted by atomic mass is 35.7. The number of ether oxygens (including phenoxy) is 2. The van der Waals surface area contributed by atoms with Crippen molar-refractivity contribution in [1.29, 1.82) is 0 Å². The van der Waals surface area contributed by atoms with E-state index in [0.29, 0.717) is 0 Å². The Morgan fingerprint density at radius 3 is 2.24 bits per heavy atom. The molecule has 122 valence electrons. The van der Waals surface area contributed by atoms with Crippen LogP contribution in [0.4, 0.5) is 4.79 Å². The van der Waals surface area contributed by atoms with Gasteiger partial charge in [0.2, 0.25) is 0 Å². The molecule has 0 aliphatic carbocycles. The Morgan fingerprint density at radius 1 is 1.24 bits per heavy atom. The largest absolute Gasteiger partial charge is 0.468 e. The second kappa shape index (κ2) is 6.37. The molecule has 1 atom stereocenters. The Hall–Kier alpha value is -1.06. The lowest BCUT2D eigenvalue weighted by Gasteiger charge is -2.38. The van der Waals surface area contributed by atoms with Gasteiger partial charge in [0.1, 0.15) is 11.6 Å². The predicted octanol–water partition coefficient (Wildman–Crippen LogP) is 0.564. The molecule has 0 aromatic heterocycles. The first kappa shape index (κ1) is 18.0. The number of hydrogen-bond acceptors (Lipinski definition) is 6. The van der Waals surface area contributed by atoms with E-state index < -0.39 is 32.9 Å². The molecule has 1 heterocycles. The van der Waals surface area contributed by atoms with E-state index in [2.05, 4.69) is 4.74 Å². The van der Waals surface area contributed by atoms with Crippen molar-refractivity contribution in [3.8, 4) is 0 Å². The van der Waals surface area contributed by atoms with E-state index in [-0.39, 0.29) is 19.6 Å². The van der Waals surface area contributed by atoms with Crippen LogP contribution in [0.5, 0.6) is 0 Å². The summed E-state index contributed by atoms with van der Waals surface area (Å²) in [5.41, 5.74) is -0.687. The third-order valence-electron chi connectivity index (χ3n) is 2.74. The van der Waals surface area contributed by atoms with Gasteiger partial charge in [-0.2, -0.15) is 12.7 Å². The summed E-state index contributed by atoms with van der Waals surface area (Å²) in [5.74, 6) is -0.785. The molecule has 1 aliphatic rings. The minimum absolute atomic E-state index is 0.0777. The summed E-state index contributed by atoms with van der Waals surface area (Å²) in [6.07, 6.45) is -0.622. The van der Waals surface area contributed by atoms with Gasteiger partial charge in [-0.3, -0.25) is 4.79 Å². The minimum Gasteiger partial charge on any atom is -0.468 e. The first-order valence-corrected chi connectivity index (χ1v) is 8.49. The molecular weight excluding hydrogens is 324 g/mol. The van der Waals surface area contributed by atoms with E-state index in [1.807, 2.05) is 0 Å². The van der Waals surface area contributed by atoms with Crippen molar-refractivity contribution >= 4 is 32.0 Å². The molecule has 0 saturated carbocycles. The highest BCUT2D eigenvalue weighted by molar-refractivity contribution is 8.11. The number of esters is 1. The van der Waals surface area contributed by atoms with Gasteiger partial charge in [0, 0.05) is 23.8 Å². The zero-order valence-corrected chi connectivity index (χ0v) is 13.9. The minimum atomic E-state index is -4.09. The summed E-state index contributed by atoms with van der Waals surface area (Å²) in [6.45, 7) is 4.93. The third-order valence-corrected chi connectivity index (χ3v) is 4.27. The Bertz CT molecular complexity index is 515. The molecule has 1 amide bonds. The molecule has 10 heteroatoms. The molecule has 0 aromatic rings. The van der Waals surface area contributed by atoms with Crippen LogP contribution in [0.15, 0.2) is 0 Å². The van der Waals surface area contributed by atoms with Crippen molar-refractivity contribution in [3.05, 3.63) is 0 Å². The molecule has 1 aliphatic heterocycles. The normalized spacial score (nSPS) is 21.0. The lowest BCUT2D eigenvalue weighted by atomic mass is 10.2. The quantitative estimate of drug-likeness (QED) is 0.538. The van der Waals surface area contributed by atoms with Gasteiger partial charge in [0.15, 0.2) is 0 Å². The molecule has 1 unspecified atom stereocenters. The summed E-state index contributed by atoms with van der Waals surface area (Å²) in [4.78, 5) is 24.9. The van der Waals surface area contributed by atoms with Crippen LogP contribution < -0.4 is 0 Å². The topological polar surface area (TPSA) is 93.2 Å². The average molecular weight is 343 g/mol. The highest BCUT2D eigenvalue weighted by Gasteiger charge is 2.41. The van der Waals surface area contributed by atoms with E-state index in [9.17, 15) is 18.0 Å². The van der Waals surface area contributed by atoms with Crippen LogP contribution in [0.2, 0.25) is 0 Å². The molecule has 21 heavy (non-hydrogen) atoms. The van der Waals surface area contributed by atoms with Crippen LogP contribution in [-0.4, -0.2) is 68.1 Å². The monoisotopic (exact) mass is 342 g/mol. The number of carbonyl (C=O) groups excluding carboxylic acids is 2. The van der Waals surface area contributed by atoms with Crippen molar-refractivity contribution in [2.45, 2.75) is 32.4 Å². The average Bonchev–Trinajstić information content (AvgIpc) is 2.34. The zero-order valence-electron chi connectivity index (χ0n) is 12.3. The Labute approximate surface area is 128 Å². The summed E-state index contributed by atoms with van der Waals surface area (Å²) >= 11 is 0. The second-order valence-electron chi connectivity index (χ2n) is 5.52. The number of piperazine rings is 1. The van der Waals surface area contributed by atoms with Crippen LogP contribution in [-0.2, 0) is 23.5 Å². The molecule has 0 N–H and O–H groups in total. The number of hydrogen-bond donors (Lipinski definition) is 0. The van der Waals surface area contributed by atoms with Crippen LogP contribution >= 0.6 is 10.7 Å². The first-order chi connectivity index (χ1) is 9.45. The van der Waals surface area contributed by atoms with E-state index in [4.69, 9.17) is 15.4 Å². The van der Waals surface area contributed by atoms with Gasteiger partial charge in [-0.15, -0.1) is 0 Å². The second-order valence-corrected chi connectivity index (χ2v) is 7.98. The van der Waals surface area contributed by atoms with Crippen LogP contribution in [0.25, 0.3) is 0 Å². The number of rotatable bonds is 2. The Balaban J connectivity index is 2.89. The molecule has 0 spiro atoms. The number of nitrogens with zero attached hydrogens (tertiary/aromatic N) is 2. The summed E-state index contributed by atoms with van der Waals surface area (Å²) in [5, 5.41) is 0. The van der Waals surface area contributed by atoms with E-state index in [0.717, 1.165) is 11.4 Å². The van der Waals surface area contributed by atoms with Crippen LogP contribution in [0.1, 0.15) is 20.8 Å². The van der Waals surface area contributed by atoms with Crippen molar-refractivity contribution in [3.63, 3.8) is 0 Å². The molecule has 1 rings (SSSR count). The fraction of sp³-hybridized carbons (Fsp3) is 0.818. The molecule has 0 bridgehead atoms. The van der Waals surface area contributed by atoms with Gasteiger partial charge >= 0.3 is 21.3 Å². The van der Waals surface area contributed by atoms with Crippen LogP contribution in [0, 0.1) is 0 Å². The zero-order chi connectivity index (χ0) is 16.4. The maximum atomic E-state index is 12.0. The van der Waals surface area contributed by atoms with Crippen molar-refractivity contribution in [2.24, 2.45) is 0 Å².